The largest absolute Gasteiger partial charge is 0.397 e. The Labute approximate surface area is 103 Å². The second-order valence-corrected chi connectivity index (χ2v) is 5.06. The van der Waals surface area contributed by atoms with Gasteiger partial charge in [-0.2, -0.15) is 5.26 Å². The topological polar surface area (TPSA) is 53.0 Å². The highest BCUT2D eigenvalue weighted by Gasteiger charge is 2.24. The monoisotopic (exact) mass is 229 g/mol. The summed E-state index contributed by atoms with van der Waals surface area (Å²) in [6, 6.07) is 8.22. The van der Waals surface area contributed by atoms with Crippen molar-refractivity contribution in [2.75, 3.05) is 17.2 Å². The molecular weight excluding hydrogens is 210 g/mol. The van der Waals surface area contributed by atoms with Crippen LogP contribution in [0.3, 0.4) is 0 Å². The van der Waals surface area contributed by atoms with E-state index in [0.717, 1.165) is 18.2 Å². The van der Waals surface area contributed by atoms with Gasteiger partial charge < -0.3 is 10.6 Å². The lowest BCUT2D eigenvalue weighted by Crippen LogP contribution is -2.40. The molecular formula is C14H19N3. The lowest BCUT2D eigenvalue weighted by atomic mass is 9.92. The van der Waals surface area contributed by atoms with E-state index >= 15 is 0 Å². The maximum Gasteiger partial charge on any atom is 0.0992 e. The molecule has 2 N–H and O–H groups in total. The molecule has 1 fully saturated rings. The fourth-order valence-corrected chi connectivity index (χ4v) is 2.65. The molecule has 2 rings (SSSR count). The van der Waals surface area contributed by atoms with Gasteiger partial charge in [-0.3, -0.25) is 0 Å². The van der Waals surface area contributed by atoms with Crippen molar-refractivity contribution in [3.63, 3.8) is 0 Å². The Kier molecular flexibility index (Phi) is 3.23. The zero-order valence-corrected chi connectivity index (χ0v) is 10.5. The molecule has 2 unspecified atom stereocenters. The molecule has 0 amide bonds. The molecule has 2 atom stereocenters. The van der Waals surface area contributed by atoms with Gasteiger partial charge in [0, 0.05) is 12.6 Å². The number of piperidine rings is 1. The predicted molar refractivity (Wildman–Crippen MR) is 70.8 cm³/mol. The van der Waals surface area contributed by atoms with Crippen LogP contribution in [0.15, 0.2) is 18.2 Å². The number of nitriles is 1. The van der Waals surface area contributed by atoms with Crippen LogP contribution >= 0.6 is 0 Å². The minimum absolute atomic E-state index is 0.522. The lowest BCUT2D eigenvalue weighted by molar-refractivity contribution is 0.378. The summed E-state index contributed by atoms with van der Waals surface area (Å²) >= 11 is 0. The Morgan fingerprint density at radius 1 is 1.41 bits per heavy atom. The molecule has 3 nitrogen and oxygen atoms in total. The van der Waals surface area contributed by atoms with Gasteiger partial charge in [0.25, 0.3) is 0 Å². The average Bonchev–Trinajstić information content (AvgIpc) is 2.30. The quantitative estimate of drug-likeness (QED) is 0.753. The standard InChI is InChI=1S/C14H19N3/c1-10-5-6-17(11(2)7-10)14-4-3-12(9-15)8-13(14)16/h3-4,8,10-11H,5-7,16H2,1-2H3. The van der Waals surface area contributed by atoms with E-state index in [4.69, 9.17) is 11.0 Å². The molecule has 90 valence electrons. The Balaban J connectivity index is 2.25. The molecule has 1 aliphatic heterocycles. The molecule has 3 heteroatoms. The third kappa shape index (κ3) is 2.36. The van der Waals surface area contributed by atoms with E-state index in [1.165, 1.54) is 12.8 Å². The first-order valence-electron chi connectivity index (χ1n) is 6.18. The van der Waals surface area contributed by atoms with Crippen LogP contribution in [-0.4, -0.2) is 12.6 Å². The molecule has 1 aromatic carbocycles. The minimum Gasteiger partial charge on any atom is -0.397 e. The van der Waals surface area contributed by atoms with Gasteiger partial charge in [0.15, 0.2) is 0 Å². The molecule has 1 aromatic rings. The van der Waals surface area contributed by atoms with Crippen molar-refractivity contribution in [1.29, 1.82) is 5.26 Å². The van der Waals surface area contributed by atoms with Crippen LogP contribution in [0.2, 0.25) is 0 Å². The van der Waals surface area contributed by atoms with E-state index in [0.29, 0.717) is 17.3 Å². The van der Waals surface area contributed by atoms with Gasteiger partial charge in [0.2, 0.25) is 0 Å². The zero-order valence-electron chi connectivity index (χ0n) is 10.5. The number of benzene rings is 1. The van der Waals surface area contributed by atoms with Gasteiger partial charge >= 0.3 is 0 Å². The van der Waals surface area contributed by atoms with Crippen LogP contribution in [0.4, 0.5) is 11.4 Å². The van der Waals surface area contributed by atoms with Crippen LogP contribution in [-0.2, 0) is 0 Å². The normalized spacial score (nSPS) is 24.4. The van der Waals surface area contributed by atoms with Crippen molar-refractivity contribution in [3.05, 3.63) is 23.8 Å². The Morgan fingerprint density at radius 2 is 2.18 bits per heavy atom. The van der Waals surface area contributed by atoms with Crippen LogP contribution < -0.4 is 10.6 Å². The summed E-state index contributed by atoms with van der Waals surface area (Å²) in [5.41, 5.74) is 8.45. The smallest absolute Gasteiger partial charge is 0.0992 e. The van der Waals surface area contributed by atoms with Crippen LogP contribution in [0, 0.1) is 17.2 Å². The zero-order chi connectivity index (χ0) is 12.4. The fraction of sp³-hybridized carbons (Fsp3) is 0.500. The first-order valence-corrected chi connectivity index (χ1v) is 6.18. The molecule has 0 bridgehead atoms. The van der Waals surface area contributed by atoms with E-state index in [1.807, 2.05) is 12.1 Å². The molecule has 0 radical (unpaired) electrons. The molecule has 0 saturated carbocycles. The second-order valence-electron chi connectivity index (χ2n) is 5.06. The summed E-state index contributed by atoms with van der Waals surface area (Å²) in [4.78, 5) is 2.36. The number of rotatable bonds is 1. The van der Waals surface area contributed by atoms with E-state index in [9.17, 15) is 0 Å². The van der Waals surface area contributed by atoms with E-state index in [1.54, 1.807) is 6.07 Å². The van der Waals surface area contributed by atoms with Crippen molar-refractivity contribution in [2.45, 2.75) is 32.7 Å². The van der Waals surface area contributed by atoms with E-state index < -0.39 is 0 Å². The number of nitrogens with two attached hydrogens (primary N) is 1. The number of hydrogen-bond donors (Lipinski definition) is 1. The van der Waals surface area contributed by atoms with E-state index in [-0.39, 0.29) is 0 Å². The molecule has 1 heterocycles. The number of hydrogen-bond acceptors (Lipinski definition) is 3. The lowest BCUT2D eigenvalue weighted by Gasteiger charge is -2.38. The SMILES string of the molecule is CC1CCN(c2ccc(C#N)cc2N)C(C)C1. The summed E-state index contributed by atoms with van der Waals surface area (Å²) < 4.78 is 0. The van der Waals surface area contributed by atoms with Gasteiger partial charge in [0.1, 0.15) is 0 Å². The van der Waals surface area contributed by atoms with Crippen molar-refractivity contribution < 1.29 is 0 Å². The molecule has 0 aromatic heterocycles. The summed E-state index contributed by atoms with van der Waals surface area (Å²) in [7, 11) is 0. The minimum atomic E-state index is 0.522. The Bertz CT molecular complexity index is 447. The highest BCUT2D eigenvalue weighted by atomic mass is 15.2. The molecule has 1 aliphatic rings. The van der Waals surface area contributed by atoms with Gasteiger partial charge in [-0.25, -0.2) is 0 Å². The van der Waals surface area contributed by atoms with Gasteiger partial charge in [0.05, 0.1) is 23.0 Å². The first kappa shape index (κ1) is 11.8. The van der Waals surface area contributed by atoms with Crippen molar-refractivity contribution in [2.24, 2.45) is 5.92 Å². The third-order valence-electron chi connectivity index (χ3n) is 3.60. The second kappa shape index (κ2) is 4.67. The van der Waals surface area contributed by atoms with Crippen molar-refractivity contribution in [1.82, 2.24) is 0 Å². The highest BCUT2D eigenvalue weighted by Crippen LogP contribution is 2.31. The third-order valence-corrected chi connectivity index (χ3v) is 3.60. The first-order chi connectivity index (χ1) is 8.11. The summed E-state index contributed by atoms with van der Waals surface area (Å²) in [5.74, 6) is 0.792. The number of nitrogen functional groups attached to an aromatic ring is 1. The molecule has 0 aliphatic carbocycles. The maximum atomic E-state index is 8.83. The highest BCUT2D eigenvalue weighted by molar-refractivity contribution is 5.70. The van der Waals surface area contributed by atoms with Crippen LogP contribution in [0.1, 0.15) is 32.3 Å². The summed E-state index contributed by atoms with van der Waals surface area (Å²) in [5, 5.41) is 8.83. The summed E-state index contributed by atoms with van der Waals surface area (Å²) in [6.45, 7) is 5.60. The summed E-state index contributed by atoms with van der Waals surface area (Å²) in [6.07, 6.45) is 2.42. The average molecular weight is 229 g/mol. The van der Waals surface area contributed by atoms with E-state index in [2.05, 4.69) is 24.8 Å². The van der Waals surface area contributed by atoms with Crippen molar-refractivity contribution >= 4 is 11.4 Å². The van der Waals surface area contributed by atoms with Crippen molar-refractivity contribution in [3.8, 4) is 6.07 Å². The predicted octanol–water partition coefficient (Wildman–Crippen LogP) is 2.77. The van der Waals surface area contributed by atoms with Gasteiger partial charge in [-0.1, -0.05) is 6.92 Å². The fourth-order valence-electron chi connectivity index (χ4n) is 2.65. The van der Waals surface area contributed by atoms with Crippen LogP contribution in [0.5, 0.6) is 0 Å². The van der Waals surface area contributed by atoms with Gasteiger partial charge in [-0.05, 0) is 43.9 Å². The molecule has 1 saturated heterocycles. The molecule has 0 spiro atoms. The van der Waals surface area contributed by atoms with Gasteiger partial charge in [-0.15, -0.1) is 0 Å². The Morgan fingerprint density at radius 3 is 2.76 bits per heavy atom. The maximum absolute atomic E-state index is 8.83. The van der Waals surface area contributed by atoms with Crippen LogP contribution in [0.25, 0.3) is 0 Å². The molecule has 17 heavy (non-hydrogen) atoms. The number of anilines is 2. The Hall–Kier alpha value is -1.69. The number of nitrogens with zero attached hydrogens (tertiary/aromatic N) is 2.